The van der Waals surface area contributed by atoms with Crippen LogP contribution in [0.4, 0.5) is 0 Å². The molecule has 0 spiro atoms. The second kappa shape index (κ2) is 5.66. The topological polar surface area (TPSA) is 58.2 Å². The molecule has 0 amide bonds. The maximum Gasteiger partial charge on any atom is 0.246 e. The van der Waals surface area contributed by atoms with Gasteiger partial charge in [0.1, 0.15) is 17.3 Å². The first-order valence-electron chi connectivity index (χ1n) is 8.67. The van der Waals surface area contributed by atoms with Crippen molar-refractivity contribution in [2.45, 2.75) is 25.6 Å². The van der Waals surface area contributed by atoms with Crippen LogP contribution in [0.25, 0.3) is 0 Å². The first kappa shape index (κ1) is 15.1. The van der Waals surface area contributed by atoms with Crippen LogP contribution in [0.2, 0.25) is 0 Å². The Kier molecular flexibility index (Phi) is 3.28. The summed E-state index contributed by atoms with van der Waals surface area (Å²) in [6.45, 7) is 1.92. The summed E-state index contributed by atoms with van der Waals surface area (Å²) in [6, 6.07) is 19.2. The number of furan rings is 1. The Labute approximate surface area is 151 Å². The van der Waals surface area contributed by atoms with E-state index in [4.69, 9.17) is 14.3 Å². The molecule has 26 heavy (non-hydrogen) atoms. The molecule has 0 saturated carbocycles. The largest absolute Gasteiger partial charge is 0.507 e. The molecule has 0 fully saturated rings. The third-order valence-corrected chi connectivity index (χ3v) is 4.92. The van der Waals surface area contributed by atoms with Gasteiger partial charge in [0.2, 0.25) is 6.23 Å². The number of nitrogens with zero attached hydrogens (tertiary/aromatic N) is 2. The number of para-hydroxylation sites is 2. The third kappa shape index (κ3) is 2.28. The first-order chi connectivity index (χ1) is 12.7. The van der Waals surface area contributed by atoms with Crippen molar-refractivity contribution >= 4 is 5.71 Å². The highest BCUT2D eigenvalue weighted by atomic mass is 16.5. The number of benzene rings is 2. The lowest BCUT2D eigenvalue weighted by molar-refractivity contribution is -0.0329. The summed E-state index contributed by atoms with van der Waals surface area (Å²) >= 11 is 0. The fraction of sp³-hybridized carbons (Fsp3) is 0.190. The average Bonchev–Trinajstić information content (AvgIpc) is 3.28. The van der Waals surface area contributed by atoms with Crippen LogP contribution in [0, 0.1) is 6.92 Å². The Hall–Kier alpha value is -3.21. The minimum absolute atomic E-state index is 0.0463. The summed E-state index contributed by atoms with van der Waals surface area (Å²) < 4.78 is 12.0. The summed E-state index contributed by atoms with van der Waals surface area (Å²) in [7, 11) is 0. The molecule has 1 N–H and O–H groups in total. The van der Waals surface area contributed by atoms with Crippen molar-refractivity contribution < 1.29 is 14.3 Å². The highest BCUT2D eigenvalue weighted by Gasteiger charge is 2.42. The molecular formula is C21H18N2O3. The number of fused-ring (bicyclic) bond motifs is 3. The molecule has 3 aromatic rings. The molecule has 5 nitrogen and oxygen atoms in total. The van der Waals surface area contributed by atoms with Crippen molar-refractivity contribution in [2.75, 3.05) is 0 Å². The van der Waals surface area contributed by atoms with Gasteiger partial charge < -0.3 is 14.3 Å². The van der Waals surface area contributed by atoms with Crippen LogP contribution in [0.3, 0.4) is 0 Å². The number of ether oxygens (including phenoxy) is 1. The van der Waals surface area contributed by atoms with Gasteiger partial charge in [-0.25, -0.2) is 5.01 Å². The van der Waals surface area contributed by atoms with E-state index >= 15 is 0 Å². The maximum absolute atomic E-state index is 10.2. The molecule has 5 heteroatoms. The van der Waals surface area contributed by atoms with E-state index in [1.165, 1.54) is 0 Å². The van der Waals surface area contributed by atoms with E-state index < -0.39 is 6.23 Å². The summed E-state index contributed by atoms with van der Waals surface area (Å²) in [5.41, 5.74) is 2.71. The van der Waals surface area contributed by atoms with Crippen molar-refractivity contribution in [1.29, 1.82) is 0 Å². The van der Waals surface area contributed by atoms with Crippen LogP contribution in [-0.2, 0) is 0 Å². The van der Waals surface area contributed by atoms with Gasteiger partial charge in [0.05, 0.1) is 11.8 Å². The summed E-state index contributed by atoms with van der Waals surface area (Å²) in [5, 5.41) is 17.0. The highest BCUT2D eigenvalue weighted by molar-refractivity contribution is 6.04. The van der Waals surface area contributed by atoms with Crippen molar-refractivity contribution in [3.05, 3.63) is 83.3 Å². The number of hydrogen-bond donors (Lipinski definition) is 1. The zero-order chi connectivity index (χ0) is 17.7. The van der Waals surface area contributed by atoms with E-state index in [9.17, 15) is 5.11 Å². The minimum atomic E-state index is -0.424. The smallest absolute Gasteiger partial charge is 0.246 e. The van der Waals surface area contributed by atoms with E-state index in [2.05, 4.69) is 6.07 Å². The second-order valence-electron chi connectivity index (χ2n) is 6.62. The third-order valence-electron chi connectivity index (χ3n) is 4.92. The van der Waals surface area contributed by atoms with Crippen molar-refractivity contribution in [1.82, 2.24) is 5.01 Å². The molecule has 130 valence electrons. The lowest BCUT2D eigenvalue weighted by Gasteiger charge is -2.36. The standard InChI is InChI=1S/C21H18N2O3/c1-13-10-11-20(25-13)21-23-17(15-7-3-5-9-19(15)26-21)12-16(22-23)14-6-2-4-8-18(14)24/h2-11,17,21,24H,12H2,1H3/t17-,21+/m0/s1. The monoisotopic (exact) mass is 346 g/mol. The average molecular weight is 346 g/mol. The molecule has 1 aromatic heterocycles. The van der Waals surface area contributed by atoms with Crippen LogP contribution in [0.1, 0.15) is 41.3 Å². The Bertz CT molecular complexity index is 1010. The van der Waals surface area contributed by atoms with Gasteiger partial charge in [-0.3, -0.25) is 0 Å². The molecule has 5 rings (SSSR count). The maximum atomic E-state index is 10.2. The first-order valence-corrected chi connectivity index (χ1v) is 8.67. The van der Waals surface area contributed by atoms with Gasteiger partial charge in [0.25, 0.3) is 0 Å². The zero-order valence-electron chi connectivity index (χ0n) is 14.3. The van der Waals surface area contributed by atoms with Gasteiger partial charge in [-0.1, -0.05) is 30.3 Å². The Morgan fingerprint density at radius 2 is 1.85 bits per heavy atom. The summed E-state index contributed by atoms with van der Waals surface area (Å²) in [5.74, 6) is 2.65. The molecular weight excluding hydrogens is 328 g/mol. The highest BCUT2D eigenvalue weighted by Crippen LogP contribution is 2.47. The second-order valence-corrected chi connectivity index (χ2v) is 6.62. The number of rotatable bonds is 2. The van der Waals surface area contributed by atoms with Crippen molar-refractivity contribution in [3.63, 3.8) is 0 Å². The van der Waals surface area contributed by atoms with E-state index in [1.807, 2.05) is 60.5 Å². The fourth-order valence-corrected chi connectivity index (χ4v) is 3.69. The number of aryl methyl sites for hydroxylation is 1. The molecule has 0 bridgehead atoms. The van der Waals surface area contributed by atoms with Gasteiger partial charge in [0.15, 0.2) is 5.76 Å². The molecule has 0 aliphatic carbocycles. The van der Waals surface area contributed by atoms with Crippen LogP contribution in [0.15, 0.2) is 70.2 Å². The Morgan fingerprint density at radius 1 is 1.04 bits per heavy atom. The van der Waals surface area contributed by atoms with Crippen LogP contribution in [0.5, 0.6) is 11.5 Å². The molecule has 0 unspecified atom stereocenters. The van der Waals surface area contributed by atoms with Crippen LogP contribution < -0.4 is 4.74 Å². The number of hydrogen-bond acceptors (Lipinski definition) is 5. The molecule has 0 saturated heterocycles. The molecule has 2 aromatic carbocycles. The lowest BCUT2D eigenvalue weighted by Crippen LogP contribution is -2.33. The SMILES string of the molecule is Cc1ccc([C@H]2Oc3ccccc3[C@@H]3CC(c4ccccc4O)=NN23)o1. The van der Waals surface area contributed by atoms with Crippen molar-refractivity contribution in [2.24, 2.45) is 5.10 Å². The molecule has 2 aliphatic rings. The Morgan fingerprint density at radius 3 is 2.65 bits per heavy atom. The van der Waals surface area contributed by atoms with Crippen LogP contribution in [-0.4, -0.2) is 15.8 Å². The number of aromatic hydroxyl groups is 1. The number of hydrazone groups is 1. The fourth-order valence-electron chi connectivity index (χ4n) is 3.69. The normalized spacial score (nSPS) is 21.0. The quantitative estimate of drug-likeness (QED) is 0.740. The van der Waals surface area contributed by atoms with Gasteiger partial charge >= 0.3 is 0 Å². The van der Waals surface area contributed by atoms with Gasteiger partial charge in [0, 0.05) is 17.5 Å². The van der Waals surface area contributed by atoms with E-state index in [-0.39, 0.29) is 11.8 Å². The zero-order valence-corrected chi connectivity index (χ0v) is 14.3. The predicted molar refractivity (Wildman–Crippen MR) is 97.1 cm³/mol. The lowest BCUT2D eigenvalue weighted by atomic mass is 9.96. The predicted octanol–water partition coefficient (Wildman–Crippen LogP) is 4.54. The van der Waals surface area contributed by atoms with Crippen molar-refractivity contribution in [3.8, 4) is 11.5 Å². The van der Waals surface area contributed by atoms with Gasteiger partial charge in [-0.15, -0.1) is 0 Å². The van der Waals surface area contributed by atoms with Gasteiger partial charge in [-0.05, 0) is 37.3 Å². The molecule has 2 aliphatic heterocycles. The number of phenols is 1. The molecule has 0 radical (unpaired) electrons. The summed E-state index contributed by atoms with van der Waals surface area (Å²) in [4.78, 5) is 0. The van der Waals surface area contributed by atoms with E-state index in [1.54, 1.807) is 6.07 Å². The van der Waals surface area contributed by atoms with E-state index in [0.29, 0.717) is 6.42 Å². The summed E-state index contributed by atoms with van der Waals surface area (Å²) in [6.07, 6.45) is 0.278. The van der Waals surface area contributed by atoms with Crippen LogP contribution >= 0.6 is 0 Å². The molecule has 2 atom stereocenters. The number of phenolic OH excluding ortho intramolecular Hbond substituents is 1. The van der Waals surface area contributed by atoms with E-state index in [0.717, 1.165) is 34.1 Å². The minimum Gasteiger partial charge on any atom is -0.507 e. The molecule has 3 heterocycles. The Balaban J connectivity index is 1.61. The van der Waals surface area contributed by atoms with Gasteiger partial charge in [-0.2, -0.15) is 5.10 Å².